The van der Waals surface area contributed by atoms with Gasteiger partial charge in [-0.2, -0.15) is 0 Å². The number of rotatable bonds is 10. The Bertz CT molecular complexity index is 1150. The average Bonchev–Trinajstić information content (AvgIpc) is 3.41. The SMILES string of the molecule is O=C(CN(CCN1CCOCC1)C(=O)Nc1cccc(F)c1)N(Cc1ccc(F)cc1)Cc1ccco1. The van der Waals surface area contributed by atoms with Gasteiger partial charge in [0.05, 0.1) is 26.0 Å². The molecule has 0 aliphatic carbocycles. The summed E-state index contributed by atoms with van der Waals surface area (Å²) in [6.45, 7) is 3.75. The van der Waals surface area contributed by atoms with E-state index in [2.05, 4.69) is 10.2 Å². The van der Waals surface area contributed by atoms with Crippen LogP contribution in [0.3, 0.4) is 0 Å². The van der Waals surface area contributed by atoms with E-state index in [1.54, 1.807) is 35.2 Å². The molecular formula is C27H30F2N4O4. The number of furan rings is 1. The van der Waals surface area contributed by atoms with Gasteiger partial charge in [-0.25, -0.2) is 13.6 Å². The molecule has 0 spiro atoms. The molecule has 1 saturated heterocycles. The lowest BCUT2D eigenvalue weighted by atomic mass is 10.2. The number of hydrogen-bond donors (Lipinski definition) is 1. The highest BCUT2D eigenvalue weighted by Gasteiger charge is 2.24. The van der Waals surface area contributed by atoms with E-state index in [1.807, 2.05) is 0 Å². The van der Waals surface area contributed by atoms with Crippen molar-refractivity contribution in [2.24, 2.45) is 0 Å². The van der Waals surface area contributed by atoms with Gasteiger partial charge < -0.3 is 24.3 Å². The molecular weight excluding hydrogens is 482 g/mol. The molecule has 37 heavy (non-hydrogen) atoms. The molecule has 0 atom stereocenters. The van der Waals surface area contributed by atoms with Gasteiger partial charge >= 0.3 is 6.03 Å². The summed E-state index contributed by atoms with van der Waals surface area (Å²) in [5.74, 6) is -0.565. The van der Waals surface area contributed by atoms with Gasteiger partial charge in [0.1, 0.15) is 23.9 Å². The summed E-state index contributed by atoms with van der Waals surface area (Å²) < 4.78 is 37.9. The first-order valence-electron chi connectivity index (χ1n) is 12.1. The number of carbonyl (C=O) groups is 2. The molecule has 0 unspecified atom stereocenters. The van der Waals surface area contributed by atoms with Gasteiger partial charge in [0.2, 0.25) is 5.91 Å². The third kappa shape index (κ3) is 8.12. The number of nitrogens with one attached hydrogen (secondary N) is 1. The molecule has 1 aromatic heterocycles. The van der Waals surface area contributed by atoms with Crippen LogP contribution in [0.2, 0.25) is 0 Å². The van der Waals surface area contributed by atoms with E-state index in [0.717, 1.165) is 18.7 Å². The van der Waals surface area contributed by atoms with Gasteiger partial charge in [0.15, 0.2) is 0 Å². The molecule has 1 aliphatic rings. The Balaban J connectivity index is 1.49. The Morgan fingerprint density at radius 1 is 0.919 bits per heavy atom. The molecule has 0 bridgehead atoms. The fraction of sp³-hybridized carbons (Fsp3) is 0.333. The lowest BCUT2D eigenvalue weighted by Crippen LogP contribution is -2.48. The van der Waals surface area contributed by atoms with E-state index < -0.39 is 11.8 Å². The number of amides is 3. The van der Waals surface area contributed by atoms with Crippen LogP contribution in [0.1, 0.15) is 11.3 Å². The van der Waals surface area contributed by atoms with E-state index >= 15 is 0 Å². The summed E-state index contributed by atoms with van der Waals surface area (Å²) in [5, 5.41) is 2.69. The Kier molecular flexibility index (Phi) is 9.23. The van der Waals surface area contributed by atoms with E-state index in [1.165, 1.54) is 41.5 Å². The minimum absolute atomic E-state index is 0.187. The quantitative estimate of drug-likeness (QED) is 0.445. The van der Waals surface area contributed by atoms with Crippen LogP contribution in [-0.4, -0.2) is 72.6 Å². The number of nitrogens with zero attached hydrogens (tertiary/aromatic N) is 3. The minimum Gasteiger partial charge on any atom is -0.467 e. The number of ether oxygens (including phenoxy) is 1. The zero-order chi connectivity index (χ0) is 26.0. The van der Waals surface area contributed by atoms with Crippen molar-refractivity contribution >= 4 is 17.6 Å². The van der Waals surface area contributed by atoms with Gasteiger partial charge in [-0.3, -0.25) is 9.69 Å². The molecule has 0 radical (unpaired) electrons. The number of morpholine rings is 1. The number of halogens is 2. The summed E-state index contributed by atoms with van der Waals surface area (Å²) in [5.41, 5.74) is 1.04. The summed E-state index contributed by atoms with van der Waals surface area (Å²) in [6.07, 6.45) is 1.52. The highest BCUT2D eigenvalue weighted by molar-refractivity contribution is 5.92. The maximum atomic E-state index is 13.7. The van der Waals surface area contributed by atoms with Gasteiger partial charge in [-0.15, -0.1) is 0 Å². The molecule has 4 rings (SSSR count). The summed E-state index contributed by atoms with van der Waals surface area (Å²) in [4.78, 5) is 31.8. The summed E-state index contributed by atoms with van der Waals surface area (Å²) in [7, 11) is 0. The Morgan fingerprint density at radius 2 is 1.70 bits per heavy atom. The molecule has 1 fully saturated rings. The fourth-order valence-corrected chi connectivity index (χ4v) is 4.00. The first kappa shape index (κ1) is 26.3. The first-order chi connectivity index (χ1) is 18.0. The lowest BCUT2D eigenvalue weighted by molar-refractivity contribution is -0.133. The number of benzene rings is 2. The molecule has 2 heterocycles. The maximum Gasteiger partial charge on any atom is 0.322 e. The predicted molar refractivity (Wildman–Crippen MR) is 134 cm³/mol. The zero-order valence-electron chi connectivity index (χ0n) is 20.4. The smallest absolute Gasteiger partial charge is 0.322 e. The normalized spacial score (nSPS) is 13.8. The molecule has 10 heteroatoms. The molecule has 3 aromatic rings. The predicted octanol–water partition coefficient (Wildman–Crippen LogP) is 3.95. The zero-order valence-corrected chi connectivity index (χ0v) is 20.4. The third-order valence-corrected chi connectivity index (χ3v) is 6.05. The fourth-order valence-electron chi connectivity index (χ4n) is 4.00. The van der Waals surface area contributed by atoms with Crippen molar-refractivity contribution in [2.45, 2.75) is 13.1 Å². The molecule has 2 aromatic carbocycles. The van der Waals surface area contributed by atoms with Crippen molar-refractivity contribution in [1.82, 2.24) is 14.7 Å². The van der Waals surface area contributed by atoms with Gasteiger partial charge in [-0.1, -0.05) is 18.2 Å². The summed E-state index contributed by atoms with van der Waals surface area (Å²) >= 11 is 0. The van der Waals surface area contributed by atoms with Crippen molar-refractivity contribution in [3.63, 3.8) is 0 Å². The van der Waals surface area contributed by atoms with Crippen LogP contribution in [0.4, 0.5) is 19.3 Å². The molecule has 196 valence electrons. The van der Waals surface area contributed by atoms with Crippen LogP contribution in [-0.2, 0) is 22.6 Å². The first-order valence-corrected chi connectivity index (χ1v) is 12.1. The number of hydrogen-bond acceptors (Lipinski definition) is 5. The second-order valence-electron chi connectivity index (χ2n) is 8.77. The highest BCUT2D eigenvalue weighted by atomic mass is 19.1. The van der Waals surface area contributed by atoms with Crippen molar-refractivity contribution in [2.75, 3.05) is 51.3 Å². The third-order valence-electron chi connectivity index (χ3n) is 6.05. The standard InChI is InChI=1S/C27H30F2N4O4/c28-22-8-6-21(7-9-22)18-33(19-25-5-2-14-37-25)26(34)20-32(11-10-31-12-15-36-16-13-31)27(35)30-24-4-1-3-23(29)17-24/h1-9,14,17H,10-13,15-16,18-20H2,(H,30,35). The van der Waals surface area contributed by atoms with Crippen LogP contribution < -0.4 is 5.32 Å². The van der Waals surface area contributed by atoms with Crippen LogP contribution in [0, 0.1) is 11.6 Å². The maximum absolute atomic E-state index is 13.7. The monoisotopic (exact) mass is 512 g/mol. The molecule has 8 nitrogen and oxygen atoms in total. The van der Waals surface area contributed by atoms with Crippen molar-refractivity contribution < 1.29 is 27.5 Å². The van der Waals surface area contributed by atoms with E-state index in [0.29, 0.717) is 31.2 Å². The second kappa shape index (κ2) is 13.0. The molecule has 1 N–H and O–H groups in total. The van der Waals surface area contributed by atoms with Gasteiger partial charge in [-0.05, 0) is 48.0 Å². The van der Waals surface area contributed by atoms with Crippen LogP contribution in [0.5, 0.6) is 0 Å². The van der Waals surface area contributed by atoms with E-state index in [-0.39, 0.29) is 37.9 Å². The Morgan fingerprint density at radius 3 is 2.41 bits per heavy atom. The summed E-state index contributed by atoms with van der Waals surface area (Å²) in [6, 6.07) is 14.5. The van der Waals surface area contributed by atoms with Crippen molar-refractivity contribution in [1.29, 1.82) is 0 Å². The Labute approximate surface area is 214 Å². The van der Waals surface area contributed by atoms with Crippen LogP contribution in [0.25, 0.3) is 0 Å². The molecule has 1 aliphatic heterocycles. The largest absolute Gasteiger partial charge is 0.467 e. The Hall–Kier alpha value is -3.76. The lowest BCUT2D eigenvalue weighted by Gasteiger charge is -2.31. The van der Waals surface area contributed by atoms with Gasteiger partial charge in [0.25, 0.3) is 0 Å². The number of carbonyl (C=O) groups excluding carboxylic acids is 2. The van der Waals surface area contributed by atoms with E-state index in [9.17, 15) is 18.4 Å². The van der Waals surface area contributed by atoms with Crippen LogP contribution in [0.15, 0.2) is 71.3 Å². The number of anilines is 1. The highest BCUT2D eigenvalue weighted by Crippen LogP contribution is 2.14. The molecule has 3 amide bonds. The van der Waals surface area contributed by atoms with Crippen molar-refractivity contribution in [3.05, 3.63) is 89.9 Å². The second-order valence-corrected chi connectivity index (χ2v) is 8.77. The average molecular weight is 513 g/mol. The molecule has 0 saturated carbocycles. The van der Waals surface area contributed by atoms with Gasteiger partial charge in [0, 0.05) is 38.4 Å². The number of urea groups is 1. The minimum atomic E-state index is -0.507. The topological polar surface area (TPSA) is 78.3 Å². The van der Waals surface area contributed by atoms with E-state index in [4.69, 9.17) is 9.15 Å². The van der Waals surface area contributed by atoms with Crippen LogP contribution >= 0.6 is 0 Å². The van der Waals surface area contributed by atoms with Crippen molar-refractivity contribution in [3.8, 4) is 0 Å².